The molecule has 5 rings (SSSR count). The number of unbranched alkanes of at least 4 members (excludes halogenated alkanes) is 2. The number of carbonyl (C=O) groups is 2. The number of benzene rings is 1. The smallest absolute Gasteiger partial charge is 0.224 e. The van der Waals surface area contributed by atoms with E-state index in [9.17, 15) is 9.59 Å². The van der Waals surface area contributed by atoms with Gasteiger partial charge in [-0.1, -0.05) is 32.8 Å². The molecule has 1 amide bonds. The average Bonchev–Trinajstić information content (AvgIpc) is 3.88. The van der Waals surface area contributed by atoms with Gasteiger partial charge in [0.15, 0.2) is 0 Å². The summed E-state index contributed by atoms with van der Waals surface area (Å²) in [6, 6.07) is 6.22. The molecule has 216 valence electrons. The van der Waals surface area contributed by atoms with Crippen molar-refractivity contribution in [2.24, 2.45) is 16.3 Å². The van der Waals surface area contributed by atoms with Gasteiger partial charge in [-0.05, 0) is 82.1 Å². The predicted octanol–water partition coefficient (Wildman–Crippen LogP) is 5.45. The number of amides is 1. The molecule has 2 aliphatic carbocycles. The highest BCUT2D eigenvalue weighted by atomic mass is 16.2. The highest BCUT2D eigenvalue weighted by molar-refractivity contribution is 5.89. The number of nitrogens with zero attached hydrogens (tertiary/aromatic N) is 3. The van der Waals surface area contributed by atoms with Crippen molar-refractivity contribution in [2.45, 2.75) is 96.6 Å². The van der Waals surface area contributed by atoms with E-state index in [0.717, 1.165) is 100 Å². The lowest BCUT2D eigenvalue weighted by Crippen LogP contribution is -2.37. The normalized spacial score (nSPS) is 21.1. The number of nitrogens with two attached hydrogens (primary N) is 1. The first kappa shape index (κ1) is 28.5. The zero-order valence-corrected chi connectivity index (χ0v) is 24.3. The van der Waals surface area contributed by atoms with Gasteiger partial charge in [0, 0.05) is 41.8 Å². The number of aromatic nitrogens is 2. The summed E-state index contributed by atoms with van der Waals surface area (Å²) < 4.78 is 0. The van der Waals surface area contributed by atoms with E-state index in [1.807, 2.05) is 37.5 Å². The summed E-state index contributed by atoms with van der Waals surface area (Å²) in [7, 11) is 0. The number of carbonyl (C=O) groups excluding carboxylic acids is 2. The fourth-order valence-corrected chi connectivity index (χ4v) is 6.08. The Bertz CT molecular complexity index is 1210. The van der Waals surface area contributed by atoms with E-state index in [-0.39, 0.29) is 23.3 Å². The number of imidazole rings is 1. The minimum Gasteiger partial charge on any atom is -0.398 e. The number of nitrogens with one attached hydrogen (secondary N) is 2. The molecule has 1 spiro atoms. The molecule has 2 aromatic rings. The second kappa shape index (κ2) is 12.7. The van der Waals surface area contributed by atoms with Crippen molar-refractivity contribution in [1.82, 2.24) is 20.2 Å². The number of likely N-dealkylation sites (tertiary alicyclic amines) is 1. The Labute approximate surface area is 238 Å². The first-order valence-electron chi connectivity index (χ1n) is 15.4. The molecule has 0 radical (unpaired) electrons. The molecule has 1 aromatic heterocycles. The van der Waals surface area contributed by atoms with Gasteiger partial charge in [-0.15, -0.1) is 0 Å². The van der Waals surface area contributed by atoms with Crippen LogP contribution in [0, 0.1) is 11.3 Å². The minimum atomic E-state index is -0.179. The van der Waals surface area contributed by atoms with Crippen molar-refractivity contribution in [3.8, 4) is 11.3 Å². The highest BCUT2D eigenvalue weighted by Crippen LogP contribution is 2.59. The van der Waals surface area contributed by atoms with Gasteiger partial charge in [0.05, 0.1) is 24.0 Å². The van der Waals surface area contributed by atoms with Gasteiger partial charge in [-0.2, -0.15) is 0 Å². The molecule has 0 unspecified atom stereocenters. The molecule has 1 saturated heterocycles. The number of hydrogen-bond donors (Lipinski definition) is 3. The van der Waals surface area contributed by atoms with Crippen molar-refractivity contribution in [2.75, 3.05) is 25.4 Å². The largest absolute Gasteiger partial charge is 0.398 e. The Morgan fingerprint density at radius 1 is 1.23 bits per heavy atom. The number of ketones is 1. The van der Waals surface area contributed by atoms with Crippen molar-refractivity contribution in [3.05, 3.63) is 35.8 Å². The number of aromatic amines is 1. The fraction of sp³-hybridized carbons (Fsp3) is 0.625. The van der Waals surface area contributed by atoms with Crippen LogP contribution in [0.25, 0.3) is 11.3 Å². The standard InChI is InChI=1S/C32H46N6O2/c1-3-25(39)8-6-5-7-9-28(37-31(40)26-19-32(26)14-16-38(4-2)17-15-32)30-35-21-29(36-30)22-10-13-27(33)23(18-22)20-34-24-11-12-24/h10,13,18,20-21,24,26,28H,3-9,11-12,14-17,19,33H2,1-2H3,(H,35,36)(H,37,40)/t26-,28+/m1/s1. The molecule has 3 aliphatic rings. The summed E-state index contributed by atoms with van der Waals surface area (Å²) in [6.07, 6.45) is 14.1. The number of anilines is 1. The van der Waals surface area contributed by atoms with Gasteiger partial charge in [-0.3, -0.25) is 14.6 Å². The van der Waals surface area contributed by atoms with Crippen LogP contribution >= 0.6 is 0 Å². The number of H-pyrrole nitrogens is 1. The lowest BCUT2D eigenvalue weighted by molar-refractivity contribution is -0.124. The molecule has 2 atom stereocenters. The summed E-state index contributed by atoms with van der Waals surface area (Å²) in [5.41, 5.74) is 9.93. The molecule has 8 nitrogen and oxygen atoms in total. The van der Waals surface area contributed by atoms with Crippen LogP contribution in [0.5, 0.6) is 0 Å². The molecular weight excluding hydrogens is 500 g/mol. The summed E-state index contributed by atoms with van der Waals surface area (Å²) in [5.74, 6) is 1.38. The Kier molecular flexibility index (Phi) is 9.03. The maximum atomic E-state index is 13.5. The SMILES string of the molecule is CCC(=O)CCCCC[C@H](NC(=O)[C@H]1CC12CCN(CC)CC2)c1ncc(-c2ccc(N)c(C=NC3CC3)c2)[nH]1. The summed E-state index contributed by atoms with van der Waals surface area (Å²) >= 11 is 0. The summed E-state index contributed by atoms with van der Waals surface area (Å²) in [6.45, 7) is 7.40. The number of aliphatic imine (C=N–C) groups is 1. The topological polar surface area (TPSA) is 116 Å². The zero-order chi connectivity index (χ0) is 28.1. The highest BCUT2D eigenvalue weighted by Gasteiger charge is 2.58. The second-order valence-corrected chi connectivity index (χ2v) is 12.1. The molecule has 40 heavy (non-hydrogen) atoms. The molecular formula is C32H46N6O2. The number of piperidine rings is 1. The summed E-state index contributed by atoms with van der Waals surface area (Å²) in [5, 5.41) is 3.37. The number of rotatable bonds is 14. The van der Waals surface area contributed by atoms with E-state index < -0.39 is 0 Å². The van der Waals surface area contributed by atoms with Crippen LogP contribution in [0.2, 0.25) is 0 Å². The van der Waals surface area contributed by atoms with E-state index in [4.69, 9.17) is 10.7 Å². The maximum absolute atomic E-state index is 13.5. The fourth-order valence-electron chi connectivity index (χ4n) is 6.08. The van der Waals surface area contributed by atoms with Crippen LogP contribution in [0.15, 0.2) is 29.4 Å². The van der Waals surface area contributed by atoms with Crippen LogP contribution in [0.3, 0.4) is 0 Å². The first-order valence-corrected chi connectivity index (χ1v) is 15.4. The monoisotopic (exact) mass is 546 g/mol. The Balaban J connectivity index is 1.26. The third-order valence-electron chi connectivity index (χ3n) is 9.26. The lowest BCUT2D eigenvalue weighted by Gasteiger charge is -2.32. The van der Waals surface area contributed by atoms with E-state index in [1.165, 1.54) is 0 Å². The average molecular weight is 547 g/mol. The van der Waals surface area contributed by atoms with Crippen molar-refractivity contribution >= 4 is 23.6 Å². The van der Waals surface area contributed by atoms with E-state index in [2.05, 4.69) is 27.1 Å². The summed E-state index contributed by atoms with van der Waals surface area (Å²) in [4.78, 5) is 40.5. The van der Waals surface area contributed by atoms with Crippen molar-refractivity contribution < 1.29 is 9.59 Å². The molecule has 1 aliphatic heterocycles. The van der Waals surface area contributed by atoms with Crippen LogP contribution in [0.1, 0.15) is 102 Å². The van der Waals surface area contributed by atoms with Crippen LogP contribution in [-0.2, 0) is 9.59 Å². The first-order chi connectivity index (χ1) is 19.4. The number of hydrogen-bond acceptors (Lipinski definition) is 6. The molecule has 3 fully saturated rings. The number of nitrogen functional groups attached to an aromatic ring is 1. The van der Waals surface area contributed by atoms with E-state index in [1.54, 1.807) is 0 Å². The van der Waals surface area contributed by atoms with Gasteiger partial charge in [-0.25, -0.2) is 4.98 Å². The molecule has 2 heterocycles. The Morgan fingerprint density at radius 3 is 2.75 bits per heavy atom. The second-order valence-electron chi connectivity index (χ2n) is 12.1. The molecule has 0 bridgehead atoms. The van der Waals surface area contributed by atoms with Crippen LogP contribution in [-0.4, -0.2) is 58.4 Å². The molecule has 1 aromatic carbocycles. The Hall–Kier alpha value is -3.00. The van der Waals surface area contributed by atoms with Crippen LogP contribution in [0.4, 0.5) is 5.69 Å². The minimum absolute atomic E-state index is 0.107. The van der Waals surface area contributed by atoms with Gasteiger partial charge in [0.2, 0.25) is 5.91 Å². The predicted molar refractivity (Wildman–Crippen MR) is 160 cm³/mol. The lowest BCUT2D eigenvalue weighted by atomic mass is 9.90. The quantitative estimate of drug-likeness (QED) is 0.166. The van der Waals surface area contributed by atoms with Gasteiger partial charge < -0.3 is 20.9 Å². The number of Topliss-reactive ketones (excluding diaryl/α,β-unsaturated/α-hetero) is 1. The van der Waals surface area contributed by atoms with Crippen LogP contribution < -0.4 is 11.1 Å². The maximum Gasteiger partial charge on any atom is 0.224 e. The van der Waals surface area contributed by atoms with Gasteiger partial charge in [0.25, 0.3) is 0 Å². The molecule has 2 saturated carbocycles. The van der Waals surface area contributed by atoms with E-state index >= 15 is 0 Å². The van der Waals surface area contributed by atoms with Crippen molar-refractivity contribution in [3.63, 3.8) is 0 Å². The molecule has 4 N–H and O–H groups in total. The Morgan fingerprint density at radius 2 is 2.02 bits per heavy atom. The molecule has 8 heteroatoms. The van der Waals surface area contributed by atoms with Gasteiger partial charge >= 0.3 is 0 Å². The zero-order valence-electron chi connectivity index (χ0n) is 24.3. The van der Waals surface area contributed by atoms with E-state index in [0.29, 0.717) is 30.4 Å². The third-order valence-corrected chi connectivity index (χ3v) is 9.26. The third kappa shape index (κ3) is 7.00. The van der Waals surface area contributed by atoms with Gasteiger partial charge in [0.1, 0.15) is 11.6 Å². The van der Waals surface area contributed by atoms with Crippen molar-refractivity contribution in [1.29, 1.82) is 0 Å².